The molecule has 0 amide bonds. The van der Waals surface area contributed by atoms with E-state index in [2.05, 4.69) is 65.4 Å². The first kappa shape index (κ1) is 21.9. The van der Waals surface area contributed by atoms with E-state index in [9.17, 15) is 0 Å². The molecule has 0 atom stereocenters. The number of benzene rings is 1. The van der Waals surface area contributed by atoms with Crippen molar-refractivity contribution in [3.63, 3.8) is 0 Å². The lowest BCUT2D eigenvalue weighted by molar-refractivity contribution is 0.220. The van der Waals surface area contributed by atoms with Gasteiger partial charge in [0.1, 0.15) is 11.3 Å². The van der Waals surface area contributed by atoms with Gasteiger partial charge >= 0.3 is 0 Å². The minimum atomic E-state index is 0.820. The molecule has 0 saturated carbocycles. The lowest BCUT2D eigenvalue weighted by atomic mass is 10.0. The molecule has 8 heteroatoms. The summed E-state index contributed by atoms with van der Waals surface area (Å²) in [6.07, 6.45) is 13.5. The number of fused-ring (bicyclic) bond motifs is 2. The zero-order chi connectivity index (χ0) is 24.8. The molecule has 2 N–H and O–H groups in total. The Morgan fingerprint density at radius 3 is 2.70 bits per heavy atom. The molecule has 6 aromatic rings. The van der Waals surface area contributed by atoms with Crippen LogP contribution in [0.3, 0.4) is 0 Å². The van der Waals surface area contributed by atoms with Gasteiger partial charge in [0.05, 0.1) is 28.9 Å². The summed E-state index contributed by atoms with van der Waals surface area (Å²) >= 11 is 0. The maximum absolute atomic E-state index is 4.67. The number of pyridine rings is 2. The second-order valence-electron chi connectivity index (χ2n) is 9.95. The van der Waals surface area contributed by atoms with Crippen LogP contribution in [0, 0.1) is 6.92 Å². The van der Waals surface area contributed by atoms with E-state index >= 15 is 0 Å². The number of aryl methyl sites for hydroxylation is 1. The molecule has 6 heterocycles. The lowest BCUT2D eigenvalue weighted by Crippen LogP contribution is -2.29. The predicted octanol–water partition coefficient (Wildman–Crippen LogP) is 5.65. The standard InChI is InChI=1S/C29H28N8/c1-19-16-37(18-32-19)27-7-8-31-29-24(27)13-26(33-29)28-23-12-21(5-6-25(23)34-35-28)22-11-20(14-30-15-22)17-36-9-3-2-4-10-36/h5-8,11-16,18H,2-4,9-10,17H2,1H3,(H,31,33)(H,34,35). The smallest absolute Gasteiger partial charge is 0.139 e. The Balaban J connectivity index is 1.26. The fourth-order valence-electron chi connectivity index (χ4n) is 5.43. The van der Waals surface area contributed by atoms with E-state index in [4.69, 9.17) is 0 Å². The number of likely N-dealkylation sites (tertiary alicyclic amines) is 1. The highest BCUT2D eigenvalue weighted by Gasteiger charge is 2.16. The van der Waals surface area contributed by atoms with Gasteiger partial charge in [-0.25, -0.2) is 9.97 Å². The molecule has 0 bridgehead atoms. The van der Waals surface area contributed by atoms with Crippen molar-refractivity contribution in [2.45, 2.75) is 32.7 Å². The number of hydrogen-bond donors (Lipinski definition) is 2. The van der Waals surface area contributed by atoms with Crippen LogP contribution in [0.4, 0.5) is 0 Å². The van der Waals surface area contributed by atoms with Crippen molar-refractivity contribution < 1.29 is 0 Å². The van der Waals surface area contributed by atoms with Crippen molar-refractivity contribution >= 4 is 21.9 Å². The van der Waals surface area contributed by atoms with Gasteiger partial charge in [-0.05, 0) is 74.3 Å². The monoisotopic (exact) mass is 488 g/mol. The van der Waals surface area contributed by atoms with Crippen molar-refractivity contribution in [2.75, 3.05) is 13.1 Å². The number of nitrogens with zero attached hydrogens (tertiary/aromatic N) is 6. The molecule has 0 radical (unpaired) electrons. The topological polar surface area (TPSA) is 91.3 Å². The van der Waals surface area contributed by atoms with Gasteiger partial charge in [0.25, 0.3) is 0 Å². The van der Waals surface area contributed by atoms with Crippen LogP contribution in [0.15, 0.2) is 67.5 Å². The molecule has 1 aromatic carbocycles. The maximum Gasteiger partial charge on any atom is 0.139 e. The third kappa shape index (κ3) is 4.09. The Kier molecular flexibility index (Phi) is 5.32. The van der Waals surface area contributed by atoms with E-state index in [1.165, 1.54) is 37.9 Å². The first-order chi connectivity index (χ1) is 18.2. The molecule has 0 aliphatic carbocycles. The molecule has 5 aromatic heterocycles. The molecular formula is C29H28N8. The van der Waals surface area contributed by atoms with Crippen LogP contribution < -0.4 is 0 Å². The van der Waals surface area contributed by atoms with Gasteiger partial charge in [-0.1, -0.05) is 12.5 Å². The average Bonchev–Trinajstić information content (AvgIpc) is 3.66. The molecule has 1 aliphatic rings. The van der Waals surface area contributed by atoms with E-state index < -0.39 is 0 Å². The number of rotatable bonds is 5. The fraction of sp³-hybridized carbons (Fsp3) is 0.241. The number of nitrogens with one attached hydrogen (secondary N) is 2. The van der Waals surface area contributed by atoms with Crippen molar-refractivity contribution in [1.29, 1.82) is 0 Å². The zero-order valence-electron chi connectivity index (χ0n) is 20.8. The molecule has 7 rings (SSSR count). The van der Waals surface area contributed by atoms with Crippen molar-refractivity contribution in [1.82, 2.24) is 39.6 Å². The molecule has 0 spiro atoms. The van der Waals surface area contributed by atoms with Crippen LogP contribution in [0.2, 0.25) is 0 Å². The zero-order valence-corrected chi connectivity index (χ0v) is 20.8. The second kappa shape index (κ2) is 8.97. The quantitative estimate of drug-likeness (QED) is 0.327. The summed E-state index contributed by atoms with van der Waals surface area (Å²) in [5.74, 6) is 0. The van der Waals surface area contributed by atoms with E-state index in [0.717, 1.165) is 62.4 Å². The highest BCUT2D eigenvalue weighted by molar-refractivity contribution is 5.98. The molecule has 1 fully saturated rings. The van der Waals surface area contributed by atoms with Gasteiger partial charge in [-0.15, -0.1) is 0 Å². The molecule has 0 unspecified atom stereocenters. The van der Waals surface area contributed by atoms with Crippen LogP contribution in [0.25, 0.3) is 50.1 Å². The summed E-state index contributed by atoms with van der Waals surface area (Å²) in [6, 6.07) is 12.8. The molecule has 8 nitrogen and oxygen atoms in total. The van der Waals surface area contributed by atoms with Crippen molar-refractivity contribution in [3.8, 4) is 28.2 Å². The van der Waals surface area contributed by atoms with Crippen LogP contribution >= 0.6 is 0 Å². The summed E-state index contributed by atoms with van der Waals surface area (Å²) in [4.78, 5) is 19.5. The highest BCUT2D eigenvalue weighted by Crippen LogP contribution is 2.33. The first-order valence-corrected chi connectivity index (χ1v) is 12.9. The van der Waals surface area contributed by atoms with Gasteiger partial charge in [-0.3, -0.25) is 15.0 Å². The Labute approximate surface area is 214 Å². The summed E-state index contributed by atoms with van der Waals surface area (Å²) in [7, 11) is 0. The van der Waals surface area contributed by atoms with Gasteiger partial charge in [0.2, 0.25) is 0 Å². The Bertz CT molecular complexity index is 1720. The van der Waals surface area contributed by atoms with Crippen LogP contribution in [0.1, 0.15) is 30.5 Å². The third-order valence-electron chi connectivity index (χ3n) is 7.30. The van der Waals surface area contributed by atoms with E-state index in [-0.39, 0.29) is 0 Å². The SMILES string of the molecule is Cc1cn(-c2ccnc3[nH]c(-c4n[nH]c5ccc(-c6cncc(CN7CCCCC7)c6)cc45)cc23)cn1. The number of hydrogen-bond acceptors (Lipinski definition) is 5. The molecule has 184 valence electrons. The number of aromatic nitrogens is 7. The third-order valence-corrected chi connectivity index (χ3v) is 7.30. The van der Waals surface area contributed by atoms with E-state index in [0.29, 0.717) is 0 Å². The minimum absolute atomic E-state index is 0.820. The Morgan fingerprint density at radius 1 is 0.919 bits per heavy atom. The normalized spacial score (nSPS) is 14.6. The number of imidazole rings is 1. The highest BCUT2D eigenvalue weighted by atomic mass is 15.1. The van der Waals surface area contributed by atoms with Crippen molar-refractivity contribution in [2.24, 2.45) is 0 Å². The Morgan fingerprint density at radius 2 is 1.84 bits per heavy atom. The van der Waals surface area contributed by atoms with E-state index in [1.54, 1.807) is 0 Å². The lowest BCUT2D eigenvalue weighted by Gasteiger charge is -2.26. The van der Waals surface area contributed by atoms with Gasteiger partial charge in [0, 0.05) is 47.7 Å². The average molecular weight is 489 g/mol. The number of H-pyrrole nitrogens is 2. The minimum Gasteiger partial charge on any atom is -0.338 e. The predicted molar refractivity (Wildman–Crippen MR) is 145 cm³/mol. The summed E-state index contributed by atoms with van der Waals surface area (Å²) in [6.45, 7) is 5.30. The van der Waals surface area contributed by atoms with Gasteiger partial charge < -0.3 is 9.55 Å². The van der Waals surface area contributed by atoms with Gasteiger partial charge in [0.15, 0.2) is 0 Å². The number of aromatic amines is 2. The van der Waals surface area contributed by atoms with Crippen molar-refractivity contribution in [3.05, 3.63) is 78.8 Å². The molecular weight excluding hydrogens is 460 g/mol. The summed E-state index contributed by atoms with van der Waals surface area (Å²) in [5, 5.41) is 9.95. The van der Waals surface area contributed by atoms with Gasteiger partial charge in [-0.2, -0.15) is 5.10 Å². The molecule has 37 heavy (non-hydrogen) atoms. The van der Waals surface area contributed by atoms with E-state index in [1.807, 2.05) is 48.7 Å². The summed E-state index contributed by atoms with van der Waals surface area (Å²) in [5.41, 5.74) is 9.13. The Hall–Kier alpha value is -4.30. The fourth-order valence-corrected chi connectivity index (χ4v) is 5.43. The summed E-state index contributed by atoms with van der Waals surface area (Å²) < 4.78 is 2.03. The van der Waals surface area contributed by atoms with Crippen LogP contribution in [-0.4, -0.2) is 52.7 Å². The number of piperidine rings is 1. The molecule has 1 aliphatic heterocycles. The van der Waals surface area contributed by atoms with Crippen LogP contribution in [0.5, 0.6) is 0 Å². The molecule has 1 saturated heterocycles. The van der Waals surface area contributed by atoms with Crippen LogP contribution in [-0.2, 0) is 6.54 Å². The maximum atomic E-state index is 4.67. The second-order valence-corrected chi connectivity index (χ2v) is 9.95. The largest absolute Gasteiger partial charge is 0.338 e. The first-order valence-electron chi connectivity index (χ1n) is 12.9.